The van der Waals surface area contributed by atoms with Gasteiger partial charge in [0.1, 0.15) is 0 Å². The van der Waals surface area contributed by atoms with E-state index in [1.165, 1.54) is 17.9 Å². The zero-order chi connectivity index (χ0) is 16.8. The second kappa shape index (κ2) is 7.58. The van der Waals surface area contributed by atoms with E-state index in [2.05, 4.69) is 12.0 Å². The third-order valence-corrected chi connectivity index (χ3v) is 3.51. The average Bonchev–Trinajstić information content (AvgIpc) is 2.59. The number of hydrogen-bond acceptors (Lipinski definition) is 4. The Bertz CT molecular complexity index is 726. The number of carbonyl (C=O) groups is 1. The maximum atomic E-state index is 12.6. The van der Waals surface area contributed by atoms with Gasteiger partial charge in [0, 0.05) is 13.6 Å². The van der Waals surface area contributed by atoms with Gasteiger partial charge in [-0.3, -0.25) is 9.59 Å². The van der Waals surface area contributed by atoms with Crippen molar-refractivity contribution in [2.24, 2.45) is 0 Å². The molecule has 1 aromatic carbocycles. The molecule has 1 heterocycles. The average molecular weight is 315 g/mol. The normalized spacial score (nSPS) is 10.4. The molecule has 0 aliphatic heterocycles. The maximum Gasteiger partial charge on any atom is 0.277 e. The van der Waals surface area contributed by atoms with Crippen LogP contribution in [0.5, 0.6) is 5.75 Å². The third kappa shape index (κ3) is 3.77. The molecule has 1 aromatic heterocycles. The summed E-state index contributed by atoms with van der Waals surface area (Å²) in [5.41, 5.74) is 0.390. The molecule has 0 spiro atoms. The number of carbonyl (C=O) groups excluding carboxylic acids is 1. The summed E-state index contributed by atoms with van der Waals surface area (Å²) in [4.78, 5) is 26.4. The van der Waals surface area contributed by atoms with Gasteiger partial charge in [-0.05, 0) is 18.6 Å². The van der Waals surface area contributed by atoms with E-state index >= 15 is 0 Å². The Morgan fingerprint density at radius 1 is 1.30 bits per heavy atom. The number of benzene rings is 1. The van der Waals surface area contributed by atoms with E-state index in [1.54, 1.807) is 24.1 Å². The Kier molecular flexibility index (Phi) is 5.51. The Balaban J connectivity index is 2.46. The number of methoxy groups -OCH3 is 1. The first-order chi connectivity index (χ1) is 11.1. The number of unbranched alkanes of at least 4 members (excludes halogenated alkanes) is 1. The van der Waals surface area contributed by atoms with Gasteiger partial charge in [-0.25, -0.2) is 0 Å². The molecule has 0 fully saturated rings. The molecular formula is C17H21N3O3. The van der Waals surface area contributed by atoms with E-state index in [0.717, 1.165) is 12.8 Å². The summed E-state index contributed by atoms with van der Waals surface area (Å²) in [6.07, 6.45) is 1.90. The summed E-state index contributed by atoms with van der Waals surface area (Å²) in [5.74, 6) is -0.0736. The summed E-state index contributed by atoms with van der Waals surface area (Å²) in [5, 5.41) is 4.23. The lowest BCUT2D eigenvalue weighted by Crippen LogP contribution is -2.32. The van der Waals surface area contributed by atoms with E-state index < -0.39 is 0 Å². The predicted molar refractivity (Wildman–Crippen MR) is 88.3 cm³/mol. The van der Waals surface area contributed by atoms with E-state index in [1.807, 2.05) is 18.2 Å². The fourth-order valence-corrected chi connectivity index (χ4v) is 2.18. The molecule has 6 heteroatoms. The summed E-state index contributed by atoms with van der Waals surface area (Å²) in [6.45, 7) is 2.69. The highest BCUT2D eigenvalue weighted by Gasteiger charge is 2.21. The van der Waals surface area contributed by atoms with Crippen LogP contribution in [0.15, 0.2) is 41.2 Å². The molecule has 0 bridgehead atoms. The van der Waals surface area contributed by atoms with Crippen LogP contribution in [0.25, 0.3) is 5.69 Å². The van der Waals surface area contributed by atoms with Gasteiger partial charge in [0.25, 0.3) is 11.5 Å². The maximum absolute atomic E-state index is 12.6. The number of hydrogen-bond donors (Lipinski definition) is 0. The molecule has 2 rings (SSSR count). The van der Waals surface area contributed by atoms with Gasteiger partial charge < -0.3 is 9.64 Å². The van der Waals surface area contributed by atoms with Crippen molar-refractivity contribution in [1.82, 2.24) is 14.7 Å². The van der Waals surface area contributed by atoms with E-state index in [9.17, 15) is 9.59 Å². The quantitative estimate of drug-likeness (QED) is 0.819. The molecular weight excluding hydrogens is 294 g/mol. The molecule has 1 amide bonds. The summed E-state index contributed by atoms with van der Waals surface area (Å²) >= 11 is 0. The van der Waals surface area contributed by atoms with Gasteiger partial charge in [0.15, 0.2) is 11.4 Å². The molecule has 0 aliphatic carbocycles. The lowest BCUT2D eigenvalue weighted by molar-refractivity contribution is 0.0781. The first-order valence-corrected chi connectivity index (χ1v) is 7.57. The molecule has 0 aliphatic rings. The lowest BCUT2D eigenvalue weighted by atomic mass is 10.2. The Hall–Kier alpha value is -2.63. The monoisotopic (exact) mass is 315 g/mol. The lowest BCUT2D eigenvalue weighted by Gasteiger charge is -2.18. The fourth-order valence-electron chi connectivity index (χ4n) is 2.18. The fraction of sp³-hybridized carbons (Fsp3) is 0.353. The van der Waals surface area contributed by atoms with Gasteiger partial charge in [-0.15, -0.1) is 0 Å². The molecule has 2 aromatic rings. The molecule has 0 saturated carbocycles. The van der Waals surface area contributed by atoms with Crippen molar-refractivity contribution in [2.75, 3.05) is 20.7 Å². The molecule has 0 saturated heterocycles. The van der Waals surface area contributed by atoms with Crippen LogP contribution in [0.2, 0.25) is 0 Å². The Labute approximate surface area is 135 Å². The number of ether oxygens (including phenoxy) is 1. The zero-order valence-corrected chi connectivity index (χ0v) is 13.7. The molecule has 0 radical (unpaired) electrons. The van der Waals surface area contributed by atoms with Gasteiger partial charge in [-0.1, -0.05) is 31.5 Å². The summed E-state index contributed by atoms with van der Waals surface area (Å²) in [6, 6.07) is 10.3. The zero-order valence-electron chi connectivity index (χ0n) is 13.7. The van der Waals surface area contributed by atoms with Crippen molar-refractivity contribution in [1.29, 1.82) is 0 Å². The van der Waals surface area contributed by atoms with Gasteiger partial charge in [0.2, 0.25) is 0 Å². The second-order valence-electron chi connectivity index (χ2n) is 5.23. The van der Waals surface area contributed by atoms with Crippen molar-refractivity contribution in [3.8, 4) is 11.4 Å². The summed E-state index contributed by atoms with van der Waals surface area (Å²) in [7, 11) is 3.14. The van der Waals surface area contributed by atoms with Crippen LogP contribution in [0.4, 0.5) is 0 Å². The molecule has 0 N–H and O–H groups in total. The number of nitrogens with zero attached hydrogens (tertiary/aromatic N) is 3. The number of aromatic nitrogens is 2. The minimum Gasteiger partial charge on any atom is -0.494 e. The SMILES string of the molecule is CCCCN(C)C(=O)c1nn(-c2ccccc2)c(=O)cc1OC. The van der Waals surface area contributed by atoms with Gasteiger partial charge in [0.05, 0.1) is 18.9 Å². The minimum atomic E-state index is -0.346. The van der Waals surface area contributed by atoms with Crippen LogP contribution in [-0.4, -0.2) is 41.3 Å². The molecule has 122 valence electrons. The van der Waals surface area contributed by atoms with Crippen molar-refractivity contribution in [2.45, 2.75) is 19.8 Å². The standard InChI is InChI=1S/C17H21N3O3/c1-4-5-11-19(2)17(22)16-14(23-3)12-15(21)20(18-16)13-9-7-6-8-10-13/h6-10,12H,4-5,11H2,1-3H3. The van der Waals surface area contributed by atoms with Crippen molar-refractivity contribution in [3.05, 3.63) is 52.4 Å². The number of amides is 1. The predicted octanol–water partition coefficient (Wildman–Crippen LogP) is 2.11. The minimum absolute atomic E-state index is 0.134. The largest absolute Gasteiger partial charge is 0.494 e. The highest BCUT2D eigenvalue weighted by molar-refractivity contribution is 5.94. The third-order valence-electron chi connectivity index (χ3n) is 3.51. The van der Waals surface area contributed by atoms with E-state index in [0.29, 0.717) is 12.2 Å². The smallest absolute Gasteiger partial charge is 0.277 e. The number of para-hydroxylation sites is 1. The van der Waals surface area contributed by atoms with Crippen LogP contribution in [0.1, 0.15) is 30.3 Å². The van der Waals surface area contributed by atoms with Gasteiger partial charge >= 0.3 is 0 Å². The van der Waals surface area contributed by atoms with Crippen LogP contribution in [-0.2, 0) is 0 Å². The van der Waals surface area contributed by atoms with Crippen LogP contribution in [0, 0.1) is 0 Å². The van der Waals surface area contributed by atoms with Crippen LogP contribution in [0.3, 0.4) is 0 Å². The highest BCUT2D eigenvalue weighted by atomic mass is 16.5. The van der Waals surface area contributed by atoms with Crippen molar-refractivity contribution < 1.29 is 9.53 Å². The van der Waals surface area contributed by atoms with Crippen molar-refractivity contribution >= 4 is 5.91 Å². The number of rotatable bonds is 6. The van der Waals surface area contributed by atoms with Crippen LogP contribution < -0.4 is 10.3 Å². The van der Waals surface area contributed by atoms with E-state index in [-0.39, 0.29) is 22.9 Å². The van der Waals surface area contributed by atoms with Crippen LogP contribution >= 0.6 is 0 Å². The first-order valence-electron chi connectivity index (χ1n) is 7.57. The molecule has 0 atom stereocenters. The molecule has 23 heavy (non-hydrogen) atoms. The van der Waals surface area contributed by atoms with E-state index in [4.69, 9.17) is 4.74 Å². The summed E-state index contributed by atoms with van der Waals surface area (Å²) < 4.78 is 6.38. The second-order valence-corrected chi connectivity index (χ2v) is 5.23. The Morgan fingerprint density at radius 2 is 2.00 bits per heavy atom. The molecule has 6 nitrogen and oxygen atoms in total. The van der Waals surface area contributed by atoms with Gasteiger partial charge in [-0.2, -0.15) is 9.78 Å². The first kappa shape index (κ1) is 16.7. The topological polar surface area (TPSA) is 64.4 Å². The van der Waals surface area contributed by atoms with Crippen molar-refractivity contribution in [3.63, 3.8) is 0 Å². The highest BCUT2D eigenvalue weighted by Crippen LogP contribution is 2.16. The Morgan fingerprint density at radius 3 is 2.61 bits per heavy atom. The molecule has 0 unspecified atom stereocenters.